The number of pyridine rings is 1. The molecule has 2 aromatic carbocycles. The van der Waals surface area contributed by atoms with Crippen molar-refractivity contribution < 1.29 is 18.3 Å². The van der Waals surface area contributed by atoms with E-state index in [1.54, 1.807) is 12.1 Å². The Bertz CT molecular complexity index is 1050. The average Bonchev–Trinajstić information content (AvgIpc) is 2.60. The fraction of sp³-hybridized carbons (Fsp3) is 0.111. The van der Waals surface area contributed by atoms with Crippen LogP contribution in [0.3, 0.4) is 0 Å². The molecule has 0 atom stereocenters. The fourth-order valence-corrected chi connectivity index (χ4v) is 3.52. The molecular weight excluding hydrogens is 376 g/mol. The number of sulfonamides is 1. The Morgan fingerprint density at radius 2 is 1.77 bits per heavy atom. The first-order valence-corrected chi connectivity index (χ1v) is 9.03. The molecule has 0 spiro atoms. The van der Waals surface area contributed by atoms with E-state index in [-0.39, 0.29) is 17.3 Å². The number of carboxylic acids is 1. The number of hydrogen-bond acceptors (Lipinski definition) is 4. The first-order chi connectivity index (χ1) is 11.9. The van der Waals surface area contributed by atoms with E-state index in [2.05, 4.69) is 4.98 Å². The second-order valence-corrected chi connectivity index (χ2v) is 7.35. The highest BCUT2D eigenvalue weighted by atomic mass is 35.5. The van der Waals surface area contributed by atoms with Crippen molar-refractivity contribution in [3.8, 4) is 11.3 Å². The number of fused-ring (bicyclic) bond motifs is 1. The molecule has 0 aliphatic rings. The SMILES string of the molecule is Cc1cc(-c2ccc(S(=O)(=O)NCC(=O)O)cc2)nc2ccccc12.Cl. The van der Waals surface area contributed by atoms with Gasteiger partial charge in [-0.25, -0.2) is 13.4 Å². The van der Waals surface area contributed by atoms with Crippen LogP contribution in [0.1, 0.15) is 5.56 Å². The minimum atomic E-state index is -3.85. The third-order valence-corrected chi connectivity index (χ3v) is 5.21. The predicted octanol–water partition coefficient (Wildman–Crippen LogP) is 2.99. The first kappa shape index (κ1) is 19.8. The average molecular weight is 393 g/mol. The molecule has 0 saturated heterocycles. The minimum absolute atomic E-state index is 0. The van der Waals surface area contributed by atoms with Crippen LogP contribution in [-0.2, 0) is 14.8 Å². The molecule has 1 heterocycles. The van der Waals surface area contributed by atoms with Crippen LogP contribution in [0, 0.1) is 6.92 Å². The van der Waals surface area contributed by atoms with Gasteiger partial charge < -0.3 is 5.11 Å². The van der Waals surface area contributed by atoms with E-state index in [1.807, 2.05) is 42.0 Å². The summed E-state index contributed by atoms with van der Waals surface area (Å²) in [5.74, 6) is -1.24. The second-order valence-electron chi connectivity index (χ2n) is 5.58. The maximum absolute atomic E-state index is 12.0. The van der Waals surface area contributed by atoms with Gasteiger partial charge in [0.2, 0.25) is 10.0 Å². The highest BCUT2D eigenvalue weighted by molar-refractivity contribution is 7.89. The summed E-state index contributed by atoms with van der Waals surface area (Å²) in [6.45, 7) is 1.34. The van der Waals surface area contributed by atoms with E-state index in [0.717, 1.165) is 27.7 Å². The Kier molecular flexibility index (Phi) is 5.97. The van der Waals surface area contributed by atoms with Crippen LogP contribution in [0.25, 0.3) is 22.2 Å². The fourth-order valence-electron chi connectivity index (χ4n) is 2.54. The van der Waals surface area contributed by atoms with Gasteiger partial charge in [0.15, 0.2) is 0 Å². The van der Waals surface area contributed by atoms with Gasteiger partial charge >= 0.3 is 5.97 Å². The van der Waals surface area contributed by atoms with Crippen molar-refractivity contribution in [2.24, 2.45) is 0 Å². The van der Waals surface area contributed by atoms with Crippen molar-refractivity contribution >= 4 is 39.3 Å². The highest BCUT2D eigenvalue weighted by Crippen LogP contribution is 2.25. The number of aromatic nitrogens is 1. The summed E-state index contributed by atoms with van der Waals surface area (Å²) in [7, 11) is -3.85. The van der Waals surface area contributed by atoms with Crippen molar-refractivity contribution in [2.45, 2.75) is 11.8 Å². The van der Waals surface area contributed by atoms with E-state index in [0.29, 0.717) is 0 Å². The van der Waals surface area contributed by atoms with Crippen LogP contribution >= 0.6 is 12.4 Å². The summed E-state index contributed by atoms with van der Waals surface area (Å²) in [5.41, 5.74) is 3.49. The highest BCUT2D eigenvalue weighted by Gasteiger charge is 2.15. The molecule has 3 rings (SSSR count). The number of nitrogens with one attached hydrogen (secondary N) is 1. The van der Waals surface area contributed by atoms with Crippen LogP contribution < -0.4 is 4.72 Å². The molecule has 136 valence electrons. The number of hydrogen-bond donors (Lipinski definition) is 2. The quantitative estimate of drug-likeness (QED) is 0.695. The summed E-state index contributed by atoms with van der Waals surface area (Å²) in [6.07, 6.45) is 0. The Balaban J connectivity index is 0.00000243. The largest absolute Gasteiger partial charge is 0.480 e. The summed E-state index contributed by atoms with van der Waals surface area (Å²) in [6, 6.07) is 16.0. The molecule has 0 unspecified atom stereocenters. The lowest BCUT2D eigenvalue weighted by atomic mass is 10.1. The molecule has 0 aliphatic heterocycles. The number of para-hydroxylation sites is 1. The Morgan fingerprint density at radius 1 is 1.12 bits per heavy atom. The van der Waals surface area contributed by atoms with Crippen LogP contribution in [0.5, 0.6) is 0 Å². The van der Waals surface area contributed by atoms with E-state index >= 15 is 0 Å². The number of nitrogens with zero attached hydrogens (tertiary/aromatic N) is 1. The first-order valence-electron chi connectivity index (χ1n) is 7.55. The number of carbonyl (C=O) groups is 1. The zero-order valence-corrected chi connectivity index (χ0v) is 15.5. The van der Waals surface area contributed by atoms with Gasteiger partial charge in [0.25, 0.3) is 0 Å². The van der Waals surface area contributed by atoms with Crippen LogP contribution in [0.2, 0.25) is 0 Å². The van der Waals surface area contributed by atoms with Crippen LogP contribution in [0.4, 0.5) is 0 Å². The normalized spacial score (nSPS) is 11.1. The second kappa shape index (κ2) is 7.82. The molecule has 0 fully saturated rings. The van der Waals surface area contributed by atoms with Crippen molar-refractivity contribution in [1.82, 2.24) is 9.71 Å². The van der Waals surface area contributed by atoms with Gasteiger partial charge in [-0.2, -0.15) is 4.72 Å². The molecule has 3 aromatic rings. The predicted molar refractivity (Wildman–Crippen MR) is 102 cm³/mol. The molecule has 8 heteroatoms. The van der Waals surface area contributed by atoms with Crippen LogP contribution in [0.15, 0.2) is 59.5 Å². The number of carboxylic acid groups (broad SMARTS) is 1. The number of aryl methyl sites for hydroxylation is 1. The topological polar surface area (TPSA) is 96.4 Å². The van der Waals surface area contributed by atoms with Gasteiger partial charge in [-0.1, -0.05) is 30.3 Å². The monoisotopic (exact) mass is 392 g/mol. The van der Waals surface area contributed by atoms with Gasteiger partial charge in [0.1, 0.15) is 6.54 Å². The molecule has 0 bridgehead atoms. The molecule has 0 amide bonds. The zero-order chi connectivity index (χ0) is 18.0. The van der Waals surface area contributed by atoms with Crippen molar-refractivity contribution in [3.63, 3.8) is 0 Å². The molecule has 1 aromatic heterocycles. The molecule has 6 nitrogen and oxygen atoms in total. The van der Waals surface area contributed by atoms with Crippen molar-refractivity contribution in [2.75, 3.05) is 6.54 Å². The smallest absolute Gasteiger partial charge is 0.318 e. The van der Waals surface area contributed by atoms with Crippen molar-refractivity contribution in [1.29, 1.82) is 0 Å². The van der Waals surface area contributed by atoms with Gasteiger partial charge in [-0.05, 0) is 36.8 Å². The molecule has 0 saturated carbocycles. The third kappa shape index (κ3) is 4.19. The maximum Gasteiger partial charge on any atom is 0.318 e. The van der Waals surface area contributed by atoms with Gasteiger partial charge in [0.05, 0.1) is 16.1 Å². The number of aliphatic carboxylic acids is 1. The van der Waals surface area contributed by atoms with Gasteiger partial charge in [0, 0.05) is 10.9 Å². The van der Waals surface area contributed by atoms with Crippen LogP contribution in [-0.4, -0.2) is 31.0 Å². The van der Waals surface area contributed by atoms with Gasteiger partial charge in [-0.15, -0.1) is 12.4 Å². The maximum atomic E-state index is 12.0. The summed E-state index contributed by atoms with van der Waals surface area (Å²) >= 11 is 0. The van der Waals surface area contributed by atoms with Gasteiger partial charge in [-0.3, -0.25) is 4.79 Å². The molecule has 0 aliphatic carbocycles. The summed E-state index contributed by atoms with van der Waals surface area (Å²) in [5, 5.41) is 9.67. The lowest BCUT2D eigenvalue weighted by Gasteiger charge is -2.08. The lowest BCUT2D eigenvalue weighted by Crippen LogP contribution is -2.29. The standard InChI is InChI=1S/C18H16N2O4S.ClH/c1-12-10-17(20-16-5-3-2-4-15(12)16)13-6-8-14(9-7-13)25(23,24)19-11-18(21)22;/h2-10,19H,11H2,1H3,(H,21,22);1H. The Morgan fingerprint density at radius 3 is 2.42 bits per heavy atom. The van der Waals surface area contributed by atoms with E-state index in [9.17, 15) is 13.2 Å². The zero-order valence-electron chi connectivity index (χ0n) is 13.8. The lowest BCUT2D eigenvalue weighted by molar-refractivity contribution is -0.135. The number of halogens is 1. The summed E-state index contributed by atoms with van der Waals surface area (Å²) < 4.78 is 26.1. The van der Waals surface area contributed by atoms with Crippen molar-refractivity contribution in [3.05, 3.63) is 60.2 Å². The van der Waals surface area contributed by atoms with E-state index in [4.69, 9.17) is 5.11 Å². The Labute approximate surface area is 157 Å². The minimum Gasteiger partial charge on any atom is -0.480 e. The number of benzene rings is 2. The molecule has 0 radical (unpaired) electrons. The summed E-state index contributed by atoms with van der Waals surface area (Å²) in [4.78, 5) is 15.1. The molecular formula is C18H17ClN2O4S. The number of rotatable bonds is 5. The van der Waals surface area contributed by atoms with E-state index in [1.165, 1.54) is 12.1 Å². The third-order valence-electron chi connectivity index (χ3n) is 3.80. The van der Waals surface area contributed by atoms with E-state index < -0.39 is 22.5 Å². The Hall–Kier alpha value is -2.48. The molecule has 2 N–H and O–H groups in total. The molecule has 26 heavy (non-hydrogen) atoms.